The van der Waals surface area contributed by atoms with Crippen molar-refractivity contribution in [2.75, 3.05) is 13.1 Å². The summed E-state index contributed by atoms with van der Waals surface area (Å²) in [5.41, 5.74) is 0.848. The summed E-state index contributed by atoms with van der Waals surface area (Å²) in [6.07, 6.45) is 0. The monoisotopic (exact) mass is 320 g/mol. The third-order valence-corrected chi connectivity index (χ3v) is 4.01. The van der Waals surface area contributed by atoms with Crippen LogP contribution in [-0.2, 0) is 11.3 Å². The molecule has 2 amide bonds. The second-order valence-corrected chi connectivity index (χ2v) is 5.75. The van der Waals surface area contributed by atoms with E-state index in [0.29, 0.717) is 24.5 Å². The van der Waals surface area contributed by atoms with E-state index in [0.717, 1.165) is 5.56 Å². The van der Waals surface area contributed by atoms with Gasteiger partial charge in [-0.1, -0.05) is 18.2 Å². The normalized spacial score (nSPS) is 10.3. The van der Waals surface area contributed by atoms with Crippen LogP contribution in [0.1, 0.15) is 22.2 Å². The van der Waals surface area contributed by atoms with Gasteiger partial charge in [0.2, 0.25) is 5.91 Å². The maximum absolute atomic E-state index is 12.9. The molecule has 22 heavy (non-hydrogen) atoms. The third-order valence-electron chi connectivity index (χ3n) is 3.14. The zero-order valence-electron chi connectivity index (χ0n) is 12.2. The molecule has 0 fully saturated rings. The fourth-order valence-corrected chi connectivity index (χ4v) is 2.60. The molecule has 0 saturated heterocycles. The van der Waals surface area contributed by atoms with Crippen LogP contribution in [0.25, 0.3) is 0 Å². The SMILES string of the molecule is CC(=O)N(CCNC(=O)c1cccs1)Cc1ccc(F)cc1. The Labute approximate surface area is 132 Å². The smallest absolute Gasteiger partial charge is 0.261 e. The molecule has 6 heteroatoms. The summed E-state index contributed by atoms with van der Waals surface area (Å²) in [5.74, 6) is -0.531. The molecule has 0 unspecified atom stereocenters. The minimum atomic E-state index is -0.304. The number of benzene rings is 1. The zero-order valence-corrected chi connectivity index (χ0v) is 13.0. The highest BCUT2D eigenvalue weighted by molar-refractivity contribution is 7.12. The number of rotatable bonds is 6. The lowest BCUT2D eigenvalue weighted by molar-refractivity contribution is -0.129. The van der Waals surface area contributed by atoms with Crippen LogP contribution in [0.3, 0.4) is 0 Å². The number of amides is 2. The Morgan fingerprint density at radius 3 is 2.55 bits per heavy atom. The summed E-state index contributed by atoms with van der Waals surface area (Å²) >= 11 is 1.37. The standard InChI is InChI=1S/C16H17FN2O2S/c1-12(20)19(11-13-4-6-14(17)7-5-13)9-8-18-16(21)15-3-2-10-22-15/h2-7,10H,8-9,11H2,1H3,(H,18,21). The lowest BCUT2D eigenvalue weighted by Gasteiger charge is -2.21. The average Bonchev–Trinajstić information content (AvgIpc) is 3.02. The molecule has 1 N–H and O–H groups in total. The molecule has 1 aromatic heterocycles. The predicted molar refractivity (Wildman–Crippen MR) is 84.1 cm³/mol. The molecule has 0 aliphatic carbocycles. The Hall–Kier alpha value is -2.21. The second kappa shape index (κ2) is 7.70. The van der Waals surface area contributed by atoms with Gasteiger partial charge in [0.05, 0.1) is 4.88 Å². The van der Waals surface area contributed by atoms with Gasteiger partial charge in [0.15, 0.2) is 0 Å². The van der Waals surface area contributed by atoms with Gasteiger partial charge in [-0.05, 0) is 29.1 Å². The van der Waals surface area contributed by atoms with E-state index < -0.39 is 0 Å². The number of nitrogens with one attached hydrogen (secondary N) is 1. The van der Waals surface area contributed by atoms with Crippen LogP contribution in [0.2, 0.25) is 0 Å². The molecule has 0 radical (unpaired) electrons. The van der Waals surface area contributed by atoms with E-state index in [1.807, 2.05) is 11.4 Å². The summed E-state index contributed by atoms with van der Waals surface area (Å²) in [4.78, 5) is 25.7. The largest absolute Gasteiger partial charge is 0.350 e. The Bertz CT molecular complexity index is 626. The van der Waals surface area contributed by atoms with Gasteiger partial charge in [-0.25, -0.2) is 4.39 Å². The van der Waals surface area contributed by atoms with Crippen LogP contribution in [0.5, 0.6) is 0 Å². The van der Waals surface area contributed by atoms with Crippen molar-refractivity contribution < 1.29 is 14.0 Å². The molecular weight excluding hydrogens is 303 g/mol. The summed E-state index contributed by atoms with van der Waals surface area (Å²) in [5, 5.41) is 4.62. The minimum Gasteiger partial charge on any atom is -0.350 e. The van der Waals surface area contributed by atoms with Crippen molar-refractivity contribution in [2.45, 2.75) is 13.5 Å². The fourth-order valence-electron chi connectivity index (χ4n) is 1.96. The van der Waals surface area contributed by atoms with Crippen LogP contribution in [0, 0.1) is 5.82 Å². The molecular formula is C16H17FN2O2S. The van der Waals surface area contributed by atoms with Gasteiger partial charge in [0, 0.05) is 26.6 Å². The van der Waals surface area contributed by atoms with Gasteiger partial charge in [-0.2, -0.15) is 0 Å². The zero-order chi connectivity index (χ0) is 15.9. The molecule has 2 rings (SSSR count). The van der Waals surface area contributed by atoms with Crippen molar-refractivity contribution in [3.63, 3.8) is 0 Å². The maximum Gasteiger partial charge on any atom is 0.261 e. The highest BCUT2D eigenvalue weighted by atomic mass is 32.1. The molecule has 0 atom stereocenters. The number of carbonyl (C=O) groups is 2. The molecule has 0 aliphatic rings. The topological polar surface area (TPSA) is 49.4 Å². The van der Waals surface area contributed by atoms with Crippen molar-refractivity contribution in [1.29, 1.82) is 0 Å². The second-order valence-electron chi connectivity index (χ2n) is 4.80. The van der Waals surface area contributed by atoms with Gasteiger partial charge in [-0.15, -0.1) is 11.3 Å². The number of hydrogen-bond acceptors (Lipinski definition) is 3. The predicted octanol–water partition coefficient (Wildman–Crippen LogP) is 2.67. The Morgan fingerprint density at radius 1 is 1.23 bits per heavy atom. The van der Waals surface area contributed by atoms with Crippen LogP contribution in [0.4, 0.5) is 4.39 Å². The summed E-state index contributed by atoms with van der Waals surface area (Å²) < 4.78 is 12.9. The van der Waals surface area contributed by atoms with E-state index in [4.69, 9.17) is 0 Å². The molecule has 116 valence electrons. The van der Waals surface area contributed by atoms with Crippen LogP contribution < -0.4 is 5.32 Å². The lowest BCUT2D eigenvalue weighted by atomic mass is 10.2. The molecule has 0 spiro atoms. The first-order valence-electron chi connectivity index (χ1n) is 6.88. The van der Waals surface area contributed by atoms with E-state index in [2.05, 4.69) is 5.32 Å². The molecule has 0 aliphatic heterocycles. The van der Waals surface area contributed by atoms with Gasteiger partial charge in [-0.3, -0.25) is 9.59 Å². The summed E-state index contributed by atoms with van der Waals surface area (Å²) in [6, 6.07) is 9.60. The first kappa shape index (κ1) is 16.2. The molecule has 1 heterocycles. The van der Waals surface area contributed by atoms with E-state index in [9.17, 15) is 14.0 Å². The summed E-state index contributed by atoms with van der Waals surface area (Å²) in [7, 11) is 0. The Kier molecular flexibility index (Phi) is 5.66. The summed E-state index contributed by atoms with van der Waals surface area (Å²) in [6.45, 7) is 2.65. The van der Waals surface area contributed by atoms with Crippen molar-refractivity contribution >= 4 is 23.2 Å². The highest BCUT2D eigenvalue weighted by Gasteiger charge is 2.11. The van der Waals surface area contributed by atoms with Gasteiger partial charge >= 0.3 is 0 Å². The lowest BCUT2D eigenvalue weighted by Crippen LogP contribution is -2.36. The first-order chi connectivity index (χ1) is 10.6. The van der Waals surface area contributed by atoms with Crippen LogP contribution in [-0.4, -0.2) is 29.8 Å². The molecule has 0 bridgehead atoms. The van der Waals surface area contributed by atoms with Crippen molar-refractivity contribution in [2.24, 2.45) is 0 Å². The number of hydrogen-bond donors (Lipinski definition) is 1. The highest BCUT2D eigenvalue weighted by Crippen LogP contribution is 2.08. The van der Waals surface area contributed by atoms with E-state index in [1.54, 1.807) is 23.1 Å². The van der Waals surface area contributed by atoms with Crippen molar-refractivity contribution in [3.8, 4) is 0 Å². The van der Waals surface area contributed by atoms with Crippen molar-refractivity contribution in [3.05, 3.63) is 58.0 Å². The fraction of sp³-hybridized carbons (Fsp3) is 0.250. The van der Waals surface area contributed by atoms with Crippen molar-refractivity contribution in [1.82, 2.24) is 10.2 Å². The maximum atomic E-state index is 12.9. The molecule has 2 aromatic rings. The number of halogens is 1. The van der Waals surface area contributed by atoms with E-state index in [-0.39, 0.29) is 17.6 Å². The van der Waals surface area contributed by atoms with E-state index in [1.165, 1.54) is 30.4 Å². The van der Waals surface area contributed by atoms with Gasteiger partial charge < -0.3 is 10.2 Å². The quantitative estimate of drug-likeness (QED) is 0.889. The molecule has 0 saturated carbocycles. The Morgan fingerprint density at radius 2 is 1.95 bits per heavy atom. The molecule has 1 aromatic carbocycles. The van der Waals surface area contributed by atoms with Gasteiger partial charge in [0.25, 0.3) is 5.91 Å². The Balaban J connectivity index is 1.85. The van der Waals surface area contributed by atoms with Crippen LogP contribution in [0.15, 0.2) is 41.8 Å². The number of carbonyl (C=O) groups excluding carboxylic acids is 2. The third kappa shape index (κ3) is 4.66. The number of thiophene rings is 1. The van der Waals surface area contributed by atoms with Gasteiger partial charge in [0.1, 0.15) is 5.82 Å². The number of nitrogens with zero attached hydrogens (tertiary/aromatic N) is 1. The van der Waals surface area contributed by atoms with E-state index >= 15 is 0 Å². The molecule has 4 nitrogen and oxygen atoms in total. The van der Waals surface area contributed by atoms with Crippen LogP contribution >= 0.6 is 11.3 Å². The minimum absolute atomic E-state index is 0.0882. The first-order valence-corrected chi connectivity index (χ1v) is 7.76. The average molecular weight is 320 g/mol.